The molecular weight excluding hydrogens is 248 g/mol. The maximum atomic E-state index is 3.49. The first-order chi connectivity index (χ1) is 6.99. The molecule has 0 radical (unpaired) electrons. The molecule has 0 aromatic heterocycles. The summed E-state index contributed by atoms with van der Waals surface area (Å²) in [5, 5.41) is 0. The summed E-state index contributed by atoms with van der Waals surface area (Å²) in [6.07, 6.45) is 3.91. The highest BCUT2D eigenvalue weighted by atomic mass is 79.9. The van der Waals surface area contributed by atoms with Crippen LogP contribution >= 0.6 is 15.9 Å². The van der Waals surface area contributed by atoms with Gasteiger partial charge in [-0.25, -0.2) is 0 Å². The summed E-state index contributed by atoms with van der Waals surface area (Å²) in [5.74, 6) is 6.21. The van der Waals surface area contributed by atoms with Gasteiger partial charge in [0.1, 0.15) is 0 Å². The molecule has 1 heteroatoms. The van der Waals surface area contributed by atoms with Crippen LogP contribution in [0.25, 0.3) is 6.08 Å². The molecule has 0 nitrogen and oxygen atoms in total. The van der Waals surface area contributed by atoms with Gasteiger partial charge in [-0.05, 0) is 44.6 Å². The first-order valence-electron chi connectivity index (χ1n) is 4.93. The highest BCUT2D eigenvalue weighted by Crippen LogP contribution is 2.17. The van der Waals surface area contributed by atoms with Crippen LogP contribution in [0.15, 0.2) is 34.8 Å². The number of halogens is 1. The zero-order chi connectivity index (χ0) is 11.3. The van der Waals surface area contributed by atoms with E-state index in [0.717, 1.165) is 10.0 Å². The molecule has 0 N–H and O–H groups in total. The Balaban J connectivity index is 2.74. The van der Waals surface area contributed by atoms with Gasteiger partial charge in [0.05, 0.1) is 0 Å². The maximum absolute atomic E-state index is 3.49. The summed E-state index contributed by atoms with van der Waals surface area (Å²) < 4.78 is 1.10. The van der Waals surface area contributed by atoms with Crippen LogP contribution in [0.2, 0.25) is 0 Å². The molecule has 0 amide bonds. The average Bonchev–Trinajstić information content (AvgIpc) is 2.13. The fourth-order valence-electron chi connectivity index (χ4n) is 1.000. The van der Waals surface area contributed by atoms with Gasteiger partial charge in [-0.3, -0.25) is 0 Å². The monoisotopic (exact) mass is 262 g/mol. The normalized spacial score (nSPS) is 11.2. The van der Waals surface area contributed by atoms with Crippen molar-refractivity contribution in [3.63, 3.8) is 0 Å². The highest BCUT2D eigenvalue weighted by molar-refractivity contribution is 9.10. The van der Waals surface area contributed by atoms with E-state index in [1.54, 1.807) is 0 Å². The zero-order valence-corrected chi connectivity index (χ0v) is 10.9. The van der Waals surface area contributed by atoms with Gasteiger partial charge in [0.2, 0.25) is 0 Å². The smallest absolute Gasteiger partial charge is 0.0247 e. The fourth-order valence-corrected chi connectivity index (χ4v) is 1.42. The third-order valence-corrected chi connectivity index (χ3v) is 2.42. The van der Waals surface area contributed by atoms with Crippen LogP contribution in [0.4, 0.5) is 0 Å². The van der Waals surface area contributed by atoms with Crippen LogP contribution in [0.3, 0.4) is 0 Å². The number of hydrogen-bond donors (Lipinski definition) is 0. The quantitative estimate of drug-likeness (QED) is 0.654. The summed E-state index contributed by atoms with van der Waals surface area (Å²) in [4.78, 5) is 0. The molecule has 0 saturated heterocycles. The van der Waals surface area contributed by atoms with Gasteiger partial charge in [-0.2, -0.15) is 0 Å². The van der Waals surface area contributed by atoms with Crippen molar-refractivity contribution < 1.29 is 0 Å². The van der Waals surface area contributed by atoms with Crippen molar-refractivity contribution in [3.8, 4) is 11.8 Å². The minimum atomic E-state index is 0.0677. The molecule has 1 aromatic rings. The largest absolute Gasteiger partial charge is 0.0926 e. The lowest BCUT2D eigenvalue weighted by Gasteiger charge is -2.05. The molecule has 0 spiro atoms. The van der Waals surface area contributed by atoms with E-state index in [-0.39, 0.29) is 5.41 Å². The SMILES string of the molecule is CC(C)(C)C#C/C=C\c1ccccc1Br. The molecule has 0 aliphatic carbocycles. The Morgan fingerprint density at radius 1 is 1.20 bits per heavy atom. The molecule has 0 atom stereocenters. The summed E-state index contributed by atoms with van der Waals surface area (Å²) >= 11 is 3.49. The molecule has 0 unspecified atom stereocenters. The topological polar surface area (TPSA) is 0 Å². The van der Waals surface area contributed by atoms with E-state index >= 15 is 0 Å². The molecule has 78 valence electrons. The van der Waals surface area contributed by atoms with Crippen molar-refractivity contribution >= 4 is 22.0 Å². The molecule has 0 bridgehead atoms. The lowest BCUT2D eigenvalue weighted by Crippen LogP contribution is -1.98. The van der Waals surface area contributed by atoms with E-state index in [4.69, 9.17) is 0 Å². The predicted octanol–water partition coefficient (Wildman–Crippen LogP) is 4.51. The molecule has 15 heavy (non-hydrogen) atoms. The van der Waals surface area contributed by atoms with Crippen molar-refractivity contribution in [2.45, 2.75) is 20.8 Å². The van der Waals surface area contributed by atoms with Crippen LogP contribution in [-0.4, -0.2) is 0 Å². The highest BCUT2D eigenvalue weighted by Gasteiger charge is 2.02. The Kier molecular flexibility index (Phi) is 4.17. The molecule has 0 fully saturated rings. The predicted molar refractivity (Wildman–Crippen MR) is 70.4 cm³/mol. The standard InChI is InChI=1S/C14H15Br/c1-14(2,3)11-7-6-9-12-8-4-5-10-13(12)15/h4-6,8-10H,1-3H3/b9-6-. The van der Waals surface area contributed by atoms with Crippen LogP contribution in [0.1, 0.15) is 26.3 Å². The fraction of sp³-hybridized carbons (Fsp3) is 0.286. The first kappa shape index (κ1) is 12.1. The molecular formula is C14H15Br. The Hall–Kier alpha value is -1.00. The Morgan fingerprint density at radius 2 is 1.87 bits per heavy atom. The van der Waals surface area contributed by atoms with Crippen molar-refractivity contribution in [1.82, 2.24) is 0 Å². The summed E-state index contributed by atoms with van der Waals surface area (Å²) in [6.45, 7) is 6.31. The Morgan fingerprint density at radius 3 is 2.47 bits per heavy atom. The summed E-state index contributed by atoms with van der Waals surface area (Å²) in [7, 11) is 0. The minimum absolute atomic E-state index is 0.0677. The summed E-state index contributed by atoms with van der Waals surface area (Å²) in [6, 6.07) is 8.10. The van der Waals surface area contributed by atoms with Gasteiger partial charge in [-0.1, -0.05) is 46.0 Å². The lowest BCUT2D eigenvalue weighted by molar-refractivity contribution is 0.571. The third kappa shape index (κ3) is 4.85. The average molecular weight is 263 g/mol. The van der Waals surface area contributed by atoms with Crippen LogP contribution in [0, 0.1) is 17.3 Å². The van der Waals surface area contributed by atoms with E-state index < -0.39 is 0 Å². The van der Waals surface area contributed by atoms with Crippen LogP contribution in [-0.2, 0) is 0 Å². The molecule has 0 heterocycles. The number of benzene rings is 1. The van der Waals surface area contributed by atoms with E-state index in [0.29, 0.717) is 0 Å². The van der Waals surface area contributed by atoms with E-state index in [9.17, 15) is 0 Å². The summed E-state index contributed by atoms with van der Waals surface area (Å²) in [5.41, 5.74) is 1.22. The molecule has 0 aliphatic heterocycles. The third-order valence-electron chi connectivity index (χ3n) is 1.70. The Bertz CT molecular complexity index is 411. The second-order valence-corrected chi connectivity index (χ2v) is 5.23. The van der Waals surface area contributed by atoms with Gasteiger partial charge in [0, 0.05) is 9.89 Å². The van der Waals surface area contributed by atoms with E-state index in [1.807, 2.05) is 30.4 Å². The molecule has 0 aliphatic rings. The maximum Gasteiger partial charge on any atom is 0.0247 e. The van der Waals surface area contributed by atoms with Gasteiger partial charge in [-0.15, -0.1) is 0 Å². The number of hydrogen-bond acceptors (Lipinski definition) is 0. The lowest BCUT2D eigenvalue weighted by atomic mass is 9.98. The first-order valence-corrected chi connectivity index (χ1v) is 5.72. The van der Waals surface area contributed by atoms with Crippen LogP contribution < -0.4 is 0 Å². The Labute approximate surface area is 101 Å². The van der Waals surface area contributed by atoms with Crippen LogP contribution in [0.5, 0.6) is 0 Å². The number of allylic oxidation sites excluding steroid dienone is 1. The second-order valence-electron chi connectivity index (χ2n) is 4.37. The van der Waals surface area contributed by atoms with Crippen molar-refractivity contribution in [2.75, 3.05) is 0 Å². The molecule has 0 saturated carbocycles. The van der Waals surface area contributed by atoms with Crippen molar-refractivity contribution in [3.05, 3.63) is 40.4 Å². The van der Waals surface area contributed by atoms with Crippen molar-refractivity contribution in [1.29, 1.82) is 0 Å². The second kappa shape index (κ2) is 5.19. The van der Waals surface area contributed by atoms with Gasteiger partial charge >= 0.3 is 0 Å². The van der Waals surface area contributed by atoms with E-state index in [2.05, 4.69) is 54.6 Å². The number of rotatable bonds is 1. The van der Waals surface area contributed by atoms with Gasteiger partial charge in [0.25, 0.3) is 0 Å². The molecule has 1 aromatic carbocycles. The molecule has 1 rings (SSSR count). The van der Waals surface area contributed by atoms with Gasteiger partial charge < -0.3 is 0 Å². The zero-order valence-electron chi connectivity index (χ0n) is 9.34. The van der Waals surface area contributed by atoms with Crippen molar-refractivity contribution in [2.24, 2.45) is 5.41 Å². The van der Waals surface area contributed by atoms with Gasteiger partial charge in [0.15, 0.2) is 0 Å². The van der Waals surface area contributed by atoms with E-state index in [1.165, 1.54) is 0 Å². The minimum Gasteiger partial charge on any atom is -0.0926 e.